The molecule has 0 aromatic rings. The molecule has 0 radical (unpaired) electrons. The topological polar surface area (TPSA) is 125 Å². The summed E-state index contributed by atoms with van der Waals surface area (Å²) in [5.41, 5.74) is 12.0. The molecule has 0 heterocycles. The van der Waals surface area contributed by atoms with Crippen LogP contribution < -0.4 is 32.7 Å². The summed E-state index contributed by atoms with van der Waals surface area (Å²) in [4.78, 5) is 9.05. The molecular formula is C33H72N8. The maximum Gasteiger partial charge on any atom is 0.188 e. The Labute approximate surface area is 255 Å². The molecule has 0 bridgehead atoms. The van der Waals surface area contributed by atoms with Crippen LogP contribution in [0.5, 0.6) is 0 Å². The van der Waals surface area contributed by atoms with Crippen molar-refractivity contribution in [2.45, 2.75) is 137 Å². The fraction of sp³-hybridized carbons (Fsp3) is 0.939. The summed E-state index contributed by atoms with van der Waals surface area (Å²) < 4.78 is 0. The molecule has 0 aromatic heterocycles. The second-order valence-electron chi connectivity index (χ2n) is 11.7. The molecule has 0 aromatic carbocycles. The molecule has 8 heteroatoms. The number of guanidine groups is 2. The molecule has 41 heavy (non-hydrogen) atoms. The average molecular weight is 581 g/mol. The molecule has 1 saturated carbocycles. The van der Waals surface area contributed by atoms with Gasteiger partial charge < -0.3 is 32.7 Å². The fourth-order valence-corrected chi connectivity index (χ4v) is 5.11. The van der Waals surface area contributed by atoms with Gasteiger partial charge in [-0.15, -0.1) is 0 Å². The van der Waals surface area contributed by atoms with Crippen molar-refractivity contribution in [3.05, 3.63) is 0 Å². The number of nitrogens with two attached hydrogens (primary N) is 2. The van der Waals surface area contributed by atoms with E-state index in [1.807, 2.05) is 13.8 Å². The summed E-state index contributed by atoms with van der Waals surface area (Å²) in [5.74, 6) is 2.58. The van der Waals surface area contributed by atoms with Crippen molar-refractivity contribution in [3.63, 3.8) is 0 Å². The Hall–Kier alpha value is -1.54. The number of hydrogen-bond donors (Lipinski definition) is 6. The Morgan fingerprint density at radius 2 is 1.17 bits per heavy atom. The summed E-state index contributed by atoms with van der Waals surface area (Å²) in [5, 5.41) is 13.6. The van der Waals surface area contributed by atoms with E-state index in [2.05, 4.69) is 45.1 Å². The summed E-state index contributed by atoms with van der Waals surface area (Å²) in [6.45, 7) is 16.3. The lowest BCUT2D eigenvalue weighted by Crippen LogP contribution is -2.34. The minimum absolute atomic E-state index is 0.595. The van der Waals surface area contributed by atoms with Crippen LogP contribution in [0.15, 0.2) is 9.98 Å². The van der Waals surface area contributed by atoms with Crippen molar-refractivity contribution < 1.29 is 0 Å². The highest BCUT2D eigenvalue weighted by atomic mass is 15.1. The second-order valence-corrected chi connectivity index (χ2v) is 11.7. The van der Waals surface area contributed by atoms with E-state index < -0.39 is 0 Å². The third kappa shape index (κ3) is 28.4. The molecular weight excluding hydrogens is 508 g/mol. The number of rotatable bonds is 24. The van der Waals surface area contributed by atoms with E-state index in [1.165, 1.54) is 96.3 Å². The van der Waals surface area contributed by atoms with Crippen LogP contribution in [-0.2, 0) is 0 Å². The summed E-state index contributed by atoms with van der Waals surface area (Å²) in [7, 11) is 0. The van der Waals surface area contributed by atoms with Crippen LogP contribution in [0.2, 0.25) is 0 Å². The van der Waals surface area contributed by atoms with Crippen molar-refractivity contribution in [1.82, 2.24) is 21.3 Å². The first-order chi connectivity index (χ1) is 20.1. The molecule has 244 valence electrons. The van der Waals surface area contributed by atoms with E-state index in [0.717, 1.165) is 71.1 Å². The van der Waals surface area contributed by atoms with Gasteiger partial charge in [0.25, 0.3) is 0 Å². The van der Waals surface area contributed by atoms with Gasteiger partial charge in [-0.05, 0) is 83.0 Å². The predicted molar refractivity (Wildman–Crippen MR) is 183 cm³/mol. The lowest BCUT2D eigenvalue weighted by atomic mass is 10.0. The third-order valence-corrected chi connectivity index (χ3v) is 7.75. The van der Waals surface area contributed by atoms with Crippen LogP contribution in [0.4, 0.5) is 0 Å². The SMILES string of the molecule is CC.CCCCCC(C)CN=C(N)NCCCNCCCCCCCNCCCNC(N)=NCC1CCCCCC1. The van der Waals surface area contributed by atoms with Crippen molar-refractivity contribution in [1.29, 1.82) is 0 Å². The Balaban J connectivity index is 0.00000781. The van der Waals surface area contributed by atoms with Gasteiger partial charge in [0.15, 0.2) is 11.9 Å². The first-order valence-electron chi connectivity index (χ1n) is 17.6. The van der Waals surface area contributed by atoms with Crippen LogP contribution in [0, 0.1) is 11.8 Å². The van der Waals surface area contributed by atoms with Gasteiger partial charge in [0.05, 0.1) is 0 Å². The standard InChI is InChI=1S/C31H66N8.C2H6/c1-3-4-10-17-28(2)26-38-30(32)36-24-15-22-34-20-13-8-5-9-14-21-35-23-16-25-37-31(33)39-27-29-18-11-6-7-12-19-29;1-2/h28-29,34-35H,3-27H2,1-2H3,(H3,32,36,38)(H3,33,37,39);1-2H3. The van der Waals surface area contributed by atoms with Gasteiger partial charge in [-0.3, -0.25) is 9.98 Å². The molecule has 1 fully saturated rings. The minimum atomic E-state index is 0.595. The molecule has 8 nitrogen and oxygen atoms in total. The Kier molecular flexibility index (Phi) is 30.2. The van der Waals surface area contributed by atoms with E-state index in [-0.39, 0.29) is 0 Å². The van der Waals surface area contributed by atoms with Crippen LogP contribution in [0.1, 0.15) is 137 Å². The van der Waals surface area contributed by atoms with E-state index in [1.54, 1.807) is 0 Å². The molecule has 1 rings (SSSR count). The Bertz CT molecular complexity index is 588. The minimum Gasteiger partial charge on any atom is -0.370 e. The number of nitrogens with zero attached hydrogens (tertiary/aromatic N) is 2. The molecule has 1 aliphatic rings. The maximum atomic E-state index is 6.04. The predicted octanol–water partition coefficient (Wildman–Crippen LogP) is 5.92. The number of nitrogens with one attached hydrogen (secondary N) is 4. The largest absolute Gasteiger partial charge is 0.370 e. The Morgan fingerprint density at radius 3 is 1.73 bits per heavy atom. The van der Waals surface area contributed by atoms with Crippen LogP contribution >= 0.6 is 0 Å². The summed E-state index contributed by atoms with van der Waals surface area (Å²) >= 11 is 0. The zero-order chi connectivity index (χ0) is 30.2. The molecule has 1 unspecified atom stereocenters. The monoisotopic (exact) mass is 581 g/mol. The second kappa shape index (κ2) is 31.4. The highest BCUT2D eigenvalue weighted by Crippen LogP contribution is 2.22. The quantitative estimate of drug-likeness (QED) is 0.0364. The van der Waals surface area contributed by atoms with E-state index in [4.69, 9.17) is 11.5 Å². The number of hydrogen-bond acceptors (Lipinski definition) is 4. The third-order valence-electron chi connectivity index (χ3n) is 7.75. The Morgan fingerprint density at radius 1 is 0.659 bits per heavy atom. The van der Waals surface area contributed by atoms with Crippen molar-refractivity contribution in [3.8, 4) is 0 Å². The highest BCUT2D eigenvalue weighted by Gasteiger charge is 2.11. The molecule has 0 spiro atoms. The molecule has 0 saturated heterocycles. The first-order valence-corrected chi connectivity index (χ1v) is 17.6. The first kappa shape index (κ1) is 39.5. The number of aliphatic imine (C=N–C) groups is 2. The number of unbranched alkanes of at least 4 members (excludes halogenated alkanes) is 6. The van der Waals surface area contributed by atoms with Crippen LogP contribution in [0.3, 0.4) is 0 Å². The van der Waals surface area contributed by atoms with Gasteiger partial charge in [0, 0.05) is 26.2 Å². The van der Waals surface area contributed by atoms with E-state index in [9.17, 15) is 0 Å². The smallest absolute Gasteiger partial charge is 0.188 e. The normalized spacial score (nSPS) is 15.6. The molecule has 1 atom stereocenters. The molecule has 0 aliphatic heterocycles. The van der Waals surface area contributed by atoms with Crippen LogP contribution in [0.25, 0.3) is 0 Å². The summed E-state index contributed by atoms with van der Waals surface area (Å²) in [6.07, 6.45) is 21.9. The van der Waals surface area contributed by atoms with E-state index in [0.29, 0.717) is 17.8 Å². The van der Waals surface area contributed by atoms with Gasteiger partial charge in [-0.25, -0.2) is 0 Å². The lowest BCUT2D eigenvalue weighted by molar-refractivity contribution is 0.471. The highest BCUT2D eigenvalue weighted by molar-refractivity contribution is 5.78. The molecule has 8 N–H and O–H groups in total. The van der Waals surface area contributed by atoms with Crippen molar-refractivity contribution >= 4 is 11.9 Å². The van der Waals surface area contributed by atoms with Gasteiger partial charge in [-0.1, -0.05) is 91.9 Å². The molecule has 1 aliphatic carbocycles. The van der Waals surface area contributed by atoms with Gasteiger partial charge in [0.1, 0.15) is 0 Å². The zero-order valence-corrected chi connectivity index (χ0v) is 27.9. The average Bonchev–Trinajstić information content (AvgIpc) is 3.27. The van der Waals surface area contributed by atoms with E-state index >= 15 is 0 Å². The maximum absolute atomic E-state index is 6.04. The van der Waals surface area contributed by atoms with Gasteiger partial charge in [0.2, 0.25) is 0 Å². The fourth-order valence-electron chi connectivity index (χ4n) is 5.11. The molecule has 0 amide bonds. The zero-order valence-electron chi connectivity index (χ0n) is 27.9. The lowest BCUT2D eigenvalue weighted by Gasteiger charge is -2.12. The van der Waals surface area contributed by atoms with Crippen molar-refractivity contribution in [2.75, 3.05) is 52.4 Å². The van der Waals surface area contributed by atoms with Crippen molar-refractivity contribution in [2.24, 2.45) is 33.3 Å². The summed E-state index contributed by atoms with van der Waals surface area (Å²) in [6, 6.07) is 0. The van der Waals surface area contributed by atoms with Gasteiger partial charge >= 0.3 is 0 Å². The van der Waals surface area contributed by atoms with Crippen LogP contribution in [-0.4, -0.2) is 64.3 Å². The van der Waals surface area contributed by atoms with Gasteiger partial charge in [-0.2, -0.15) is 0 Å².